The molecule has 3 rings (SSSR count). The molecule has 0 radical (unpaired) electrons. The van der Waals surface area contributed by atoms with Crippen molar-refractivity contribution >= 4 is 11.1 Å². The molecule has 88 valence electrons. The Bertz CT molecular complexity index is 603. The molecule has 0 saturated carbocycles. The number of aryl methyl sites for hydroxylation is 1. The fraction of sp³-hybridized carbons (Fsp3) is 0.111. The van der Waals surface area contributed by atoms with Crippen molar-refractivity contribution in [1.82, 2.24) is 0 Å². The largest absolute Gasteiger partial charge is 0.0984 e. The van der Waals surface area contributed by atoms with Gasteiger partial charge in [0.25, 0.3) is 0 Å². The number of benzene rings is 2. The molecule has 0 aromatic heterocycles. The Morgan fingerprint density at radius 1 is 0.833 bits per heavy atom. The van der Waals surface area contributed by atoms with E-state index in [1.54, 1.807) is 0 Å². The highest BCUT2D eigenvalue weighted by Gasteiger charge is 2.17. The highest BCUT2D eigenvalue weighted by atomic mass is 14.2. The van der Waals surface area contributed by atoms with Crippen LogP contribution in [0.2, 0.25) is 0 Å². The predicted octanol–water partition coefficient (Wildman–Crippen LogP) is 4.73. The fourth-order valence-electron chi connectivity index (χ4n) is 2.73. The molecule has 2 aromatic rings. The van der Waals surface area contributed by atoms with Crippen LogP contribution in [0.15, 0.2) is 67.3 Å². The van der Waals surface area contributed by atoms with Gasteiger partial charge in [-0.2, -0.15) is 0 Å². The maximum absolute atomic E-state index is 4.00. The van der Waals surface area contributed by atoms with Gasteiger partial charge in [-0.25, -0.2) is 0 Å². The van der Waals surface area contributed by atoms with Gasteiger partial charge in [0.05, 0.1) is 0 Å². The average molecular weight is 232 g/mol. The highest BCUT2D eigenvalue weighted by Crippen LogP contribution is 2.37. The van der Waals surface area contributed by atoms with E-state index < -0.39 is 0 Å². The van der Waals surface area contributed by atoms with Gasteiger partial charge in [0, 0.05) is 0 Å². The van der Waals surface area contributed by atoms with Gasteiger partial charge in [-0.05, 0) is 40.7 Å². The lowest BCUT2D eigenvalue weighted by Crippen LogP contribution is -2.03. The molecule has 0 amide bonds. The second-order valence-corrected chi connectivity index (χ2v) is 4.62. The van der Waals surface area contributed by atoms with Crippen LogP contribution >= 0.6 is 0 Å². The molecule has 0 bridgehead atoms. The van der Waals surface area contributed by atoms with Gasteiger partial charge >= 0.3 is 0 Å². The molecular weight excluding hydrogens is 216 g/mol. The van der Waals surface area contributed by atoms with E-state index in [1.807, 2.05) is 6.08 Å². The van der Waals surface area contributed by atoms with Crippen molar-refractivity contribution in [3.05, 3.63) is 83.9 Å². The van der Waals surface area contributed by atoms with E-state index >= 15 is 0 Å². The summed E-state index contributed by atoms with van der Waals surface area (Å²) in [6.45, 7) is 4.00. The molecule has 18 heavy (non-hydrogen) atoms. The molecule has 0 fully saturated rings. The highest BCUT2D eigenvalue weighted by molar-refractivity contribution is 5.97. The Labute approximate surface area is 108 Å². The Morgan fingerprint density at radius 2 is 1.56 bits per heavy atom. The van der Waals surface area contributed by atoms with Gasteiger partial charge in [0.1, 0.15) is 0 Å². The normalized spacial score (nSPS) is 14.2. The minimum Gasteiger partial charge on any atom is -0.0984 e. The predicted molar refractivity (Wildman–Crippen MR) is 78.2 cm³/mol. The molecule has 0 saturated heterocycles. The Kier molecular flexibility index (Phi) is 2.85. The zero-order valence-corrected chi connectivity index (χ0v) is 10.4. The Hall–Kier alpha value is -2.08. The summed E-state index contributed by atoms with van der Waals surface area (Å²) in [5.74, 6) is 0. The van der Waals surface area contributed by atoms with E-state index in [0.717, 1.165) is 12.8 Å². The number of rotatable bonds is 2. The lowest BCUT2D eigenvalue weighted by molar-refractivity contribution is 0.995. The minimum atomic E-state index is 1.10. The standard InChI is InChI=1S/C18H16/c1-2-16-17-11-7-6-10-15(17)12-13-18(16)14-8-4-3-5-9-14/h2-11H,1,12-13H2. The summed E-state index contributed by atoms with van der Waals surface area (Å²) in [6.07, 6.45) is 4.22. The van der Waals surface area contributed by atoms with Crippen LogP contribution in [-0.4, -0.2) is 0 Å². The van der Waals surface area contributed by atoms with E-state index in [4.69, 9.17) is 0 Å². The molecule has 0 heteroatoms. The van der Waals surface area contributed by atoms with Crippen molar-refractivity contribution < 1.29 is 0 Å². The topological polar surface area (TPSA) is 0 Å². The molecule has 0 N–H and O–H groups in total. The molecule has 0 unspecified atom stereocenters. The number of hydrogen-bond donors (Lipinski definition) is 0. The lowest BCUT2D eigenvalue weighted by atomic mass is 9.83. The molecule has 1 aliphatic rings. The Morgan fingerprint density at radius 3 is 2.33 bits per heavy atom. The van der Waals surface area contributed by atoms with Crippen molar-refractivity contribution in [2.75, 3.05) is 0 Å². The van der Waals surface area contributed by atoms with Crippen LogP contribution in [0.4, 0.5) is 0 Å². The maximum Gasteiger partial charge on any atom is -0.0149 e. The lowest BCUT2D eigenvalue weighted by Gasteiger charge is -2.22. The van der Waals surface area contributed by atoms with E-state index in [2.05, 4.69) is 61.2 Å². The van der Waals surface area contributed by atoms with Crippen LogP contribution in [0.5, 0.6) is 0 Å². The smallest absolute Gasteiger partial charge is 0.0149 e. The van der Waals surface area contributed by atoms with Crippen LogP contribution in [0, 0.1) is 0 Å². The van der Waals surface area contributed by atoms with Crippen LogP contribution in [0.25, 0.3) is 11.1 Å². The third kappa shape index (κ3) is 1.80. The summed E-state index contributed by atoms with van der Waals surface area (Å²) >= 11 is 0. The van der Waals surface area contributed by atoms with E-state index in [0.29, 0.717) is 0 Å². The summed E-state index contributed by atoms with van der Waals surface area (Å²) in [5.41, 5.74) is 6.82. The summed E-state index contributed by atoms with van der Waals surface area (Å²) in [6, 6.07) is 19.3. The first-order valence-corrected chi connectivity index (χ1v) is 6.39. The maximum atomic E-state index is 4.00. The monoisotopic (exact) mass is 232 g/mol. The van der Waals surface area contributed by atoms with E-state index in [1.165, 1.54) is 27.8 Å². The third-order valence-electron chi connectivity index (χ3n) is 3.60. The van der Waals surface area contributed by atoms with Crippen LogP contribution in [0.1, 0.15) is 23.1 Å². The van der Waals surface area contributed by atoms with Crippen molar-refractivity contribution in [1.29, 1.82) is 0 Å². The first kappa shape index (κ1) is 11.0. The van der Waals surface area contributed by atoms with Gasteiger partial charge in [-0.1, -0.05) is 67.3 Å². The molecule has 0 heterocycles. The fourth-order valence-corrected chi connectivity index (χ4v) is 2.73. The van der Waals surface area contributed by atoms with Crippen molar-refractivity contribution in [3.63, 3.8) is 0 Å². The summed E-state index contributed by atoms with van der Waals surface area (Å²) < 4.78 is 0. The second kappa shape index (κ2) is 4.66. The van der Waals surface area contributed by atoms with Gasteiger partial charge < -0.3 is 0 Å². The first-order chi connectivity index (χ1) is 8.90. The second-order valence-electron chi connectivity index (χ2n) is 4.62. The zero-order chi connectivity index (χ0) is 12.4. The third-order valence-corrected chi connectivity index (χ3v) is 3.60. The summed E-state index contributed by atoms with van der Waals surface area (Å²) in [7, 11) is 0. The molecule has 0 spiro atoms. The number of allylic oxidation sites excluding steroid dienone is 3. The van der Waals surface area contributed by atoms with E-state index in [9.17, 15) is 0 Å². The van der Waals surface area contributed by atoms with Gasteiger partial charge in [-0.3, -0.25) is 0 Å². The zero-order valence-electron chi connectivity index (χ0n) is 10.4. The van der Waals surface area contributed by atoms with Crippen LogP contribution in [-0.2, 0) is 6.42 Å². The van der Waals surface area contributed by atoms with Gasteiger partial charge in [-0.15, -0.1) is 0 Å². The summed E-state index contributed by atoms with van der Waals surface area (Å²) in [4.78, 5) is 0. The molecule has 2 aromatic carbocycles. The summed E-state index contributed by atoms with van der Waals surface area (Å²) in [5, 5.41) is 0. The Balaban J connectivity index is 2.20. The molecular formula is C18H16. The van der Waals surface area contributed by atoms with Crippen molar-refractivity contribution in [2.45, 2.75) is 12.8 Å². The molecule has 0 atom stereocenters. The van der Waals surface area contributed by atoms with Crippen LogP contribution in [0.3, 0.4) is 0 Å². The number of hydrogen-bond acceptors (Lipinski definition) is 0. The van der Waals surface area contributed by atoms with Crippen LogP contribution < -0.4 is 0 Å². The van der Waals surface area contributed by atoms with Crippen molar-refractivity contribution in [2.24, 2.45) is 0 Å². The molecule has 0 nitrogen and oxygen atoms in total. The first-order valence-electron chi connectivity index (χ1n) is 6.39. The average Bonchev–Trinajstić information content (AvgIpc) is 2.47. The quantitative estimate of drug-likeness (QED) is 0.702. The molecule has 0 aliphatic heterocycles. The SMILES string of the molecule is C=CC1=C(c2ccccc2)CCc2ccccc21. The van der Waals surface area contributed by atoms with Gasteiger partial charge in [0.15, 0.2) is 0 Å². The molecule has 1 aliphatic carbocycles. The van der Waals surface area contributed by atoms with E-state index in [-0.39, 0.29) is 0 Å². The van der Waals surface area contributed by atoms with Crippen molar-refractivity contribution in [3.8, 4) is 0 Å². The minimum absolute atomic E-state index is 1.10. The number of fused-ring (bicyclic) bond motifs is 1. The van der Waals surface area contributed by atoms with Gasteiger partial charge in [0.2, 0.25) is 0 Å².